The number of nitrogens with zero attached hydrogens (tertiary/aromatic N) is 4. The number of rotatable bonds is 5. The van der Waals surface area contributed by atoms with E-state index in [4.69, 9.17) is 28.2 Å². The van der Waals surface area contributed by atoms with Gasteiger partial charge in [0.25, 0.3) is 0 Å². The van der Waals surface area contributed by atoms with Crippen molar-refractivity contribution in [3.63, 3.8) is 0 Å². The van der Waals surface area contributed by atoms with Crippen LogP contribution in [0.4, 0.5) is 0 Å². The van der Waals surface area contributed by atoms with Gasteiger partial charge in [-0.05, 0) is 63.7 Å². The van der Waals surface area contributed by atoms with Gasteiger partial charge < -0.3 is 9.30 Å². The molecule has 1 aliphatic rings. The number of hydrogen-bond donors (Lipinski definition) is 0. The Morgan fingerprint density at radius 1 is 1.07 bits per heavy atom. The van der Waals surface area contributed by atoms with Gasteiger partial charge in [0.2, 0.25) is 0 Å². The second-order valence-corrected chi connectivity index (χ2v) is 8.59. The van der Waals surface area contributed by atoms with Crippen LogP contribution in [0.1, 0.15) is 29.8 Å². The summed E-state index contributed by atoms with van der Waals surface area (Å²) >= 11 is 12.8. The summed E-state index contributed by atoms with van der Waals surface area (Å²) in [5.74, 6) is 0. The van der Waals surface area contributed by atoms with Gasteiger partial charge in [0.1, 0.15) is 5.65 Å². The zero-order valence-corrected chi connectivity index (χ0v) is 17.9. The highest BCUT2D eigenvalue weighted by molar-refractivity contribution is 6.31. The standard InChI is InChI=1S/C22H26Cl2N4/c1-16-21(28-14-18(23)7-8-22(28)25-16)15-27(19-9-11-26(2)12-10-19)13-17-5-3-4-6-20(17)24/h3-8,14,19H,9-13,15H2,1-2H3. The second-order valence-electron chi connectivity index (χ2n) is 7.75. The van der Waals surface area contributed by atoms with Gasteiger partial charge in [-0.25, -0.2) is 4.98 Å². The quantitative estimate of drug-likeness (QED) is 0.581. The fraction of sp³-hybridized carbons (Fsp3) is 0.409. The van der Waals surface area contributed by atoms with E-state index in [2.05, 4.69) is 40.3 Å². The molecule has 2 aromatic heterocycles. The highest BCUT2D eigenvalue weighted by atomic mass is 35.5. The molecule has 1 fully saturated rings. The maximum Gasteiger partial charge on any atom is 0.137 e. The lowest BCUT2D eigenvalue weighted by atomic mass is 10.0. The van der Waals surface area contributed by atoms with Gasteiger partial charge in [-0.2, -0.15) is 0 Å². The van der Waals surface area contributed by atoms with Gasteiger partial charge in [0.05, 0.1) is 16.4 Å². The highest BCUT2D eigenvalue weighted by Crippen LogP contribution is 2.26. The fourth-order valence-electron chi connectivity index (χ4n) is 4.09. The van der Waals surface area contributed by atoms with Crippen LogP contribution in [0.2, 0.25) is 10.0 Å². The fourth-order valence-corrected chi connectivity index (χ4v) is 4.44. The average molecular weight is 417 g/mol. The molecule has 6 heteroatoms. The van der Waals surface area contributed by atoms with E-state index in [-0.39, 0.29) is 0 Å². The SMILES string of the molecule is Cc1nc2ccc(Cl)cn2c1CN(Cc1ccccc1Cl)C1CCN(C)CC1. The molecule has 0 atom stereocenters. The maximum atomic E-state index is 6.49. The number of halogens is 2. The zero-order valence-electron chi connectivity index (χ0n) is 16.4. The molecular weight excluding hydrogens is 391 g/mol. The van der Waals surface area contributed by atoms with Gasteiger partial charge >= 0.3 is 0 Å². The van der Waals surface area contributed by atoms with Gasteiger partial charge in [0.15, 0.2) is 0 Å². The van der Waals surface area contributed by atoms with E-state index in [9.17, 15) is 0 Å². The average Bonchev–Trinajstić information content (AvgIpc) is 2.98. The minimum Gasteiger partial charge on any atom is -0.306 e. The summed E-state index contributed by atoms with van der Waals surface area (Å²) in [5, 5.41) is 1.56. The Morgan fingerprint density at radius 3 is 2.57 bits per heavy atom. The molecule has 28 heavy (non-hydrogen) atoms. The Labute approximate surface area is 176 Å². The van der Waals surface area contributed by atoms with Crippen molar-refractivity contribution < 1.29 is 0 Å². The first-order valence-electron chi connectivity index (χ1n) is 9.80. The smallest absolute Gasteiger partial charge is 0.137 e. The number of pyridine rings is 1. The largest absolute Gasteiger partial charge is 0.306 e. The van der Waals surface area contributed by atoms with E-state index in [0.717, 1.165) is 60.4 Å². The molecule has 148 valence electrons. The van der Waals surface area contributed by atoms with Crippen molar-refractivity contribution in [2.75, 3.05) is 20.1 Å². The predicted octanol–water partition coefficient (Wildman–Crippen LogP) is 5.05. The van der Waals surface area contributed by atoms with E-state index >= 15 is 0 Å². The molecule has 1 aromatic carbocycles. The van der Waals surface area contributed by atoms with E-state index in [0.29, 0.717) is 6.04 Å². The molecule has 0 amide bonds. The van der Waals surface area contributed by atoms with E-state index in [1.54, 1.807) is 0 Å². The van der Waals surface area contributed by atoms with Crippen LogP contribution in [0, 0.1) is 6.92 Å². The minimum atomic E-state index is 0.525. The van der Waals surface area contributed by atoms with Crippen molar-refractivity contribution in [1.82, 2.24) is 19.2 Å². The lowest BCUT2D eigenvalue weighted by Gasteiger charge is -2.37. The lowest BCUT2D eigenvalue weighted by molar-refractivity contribution is 0.106. The number of fused-ring (bicyclic) bond motifs is 1. The predicted molar refractivity (Wildman–Crippen MR) is 116 cm³/mol. The highest BCUT2D eigenvalue weighted by Gasteiger charge is 2.25. The number of aryl methyl sites for hydroxylation is 1. The van der Waals surface area contributed by atoms with E-state index in [1.807, 2.05) is 30.5 Å². The Bertz CT molecular complexity index is 960. The van der Waals surface area contributed by atoms with Crippen LogP contribution < -0.4 is 0 Å². The molecule has 3 aromatic rings. The summed E-state index contributed by atoms with van der Waals surface area (Å²) in [4.78, 5) is 9.70. The molecule has 0 spiro atoms. The number of hydrogen-bond acceptors (Lipinski definition) is 3. The summed E-state index contributed by atoms with van der Waals surface area (Å²) in [6, 6.07) is 12.6. The number of imidazole rings is 1. The molecule has 0 aliphatic carbocycles. The summed E-state index contributed by atoms with van der Waals surface area (Å²) < 4.78 is 2.13. The van der Waals surface area contributed by atoms with Crippen LogP contribution >= 0.6 is 23.2 Å². The Hall–Kier alpha value is -1.59. The second kappa shape index (κ2) is 8.42. The molecule has 1 aliphatic heterocycles. The minimum absolute atomic E-state index is 0.525. The molecule has 1 saturated heterocycles. The summed E-state index contributed by atoms with van der Waals surface area (Å²) in [6.07, 6.45) is 4.30. The first-order valence-corrected chi connectivity index (χ1v) is 10.6. The summed E-state index contributed by atoms with van der Waals surface area (Å²) in [7, 11) is 2.20. The van der Waals surface area contributed by atoms with Gasteiger partial charge in [0, 0.05) is 30.4 Å². The van der Waals surface area contributed by atoms with E-state index < -0.39 is 0 Å². The molecule has 0 bridgehead atoms. The van der Waals surface area contributed by atoms with Crippen molar-refractivity contribution in [2.24, 2.45) is 0 Å². The third-order valence-corrected chi connectivity index (χ3v) is 6.36. The van der Waals surface area contributed by atoms with Crippen LogP contribution in [0.15, 0.2) is 42.6 Å². The third-order valence-electron chi connectivity index (χ3n) is 5.77. The van der Waals surface area contributed by atoms with Crippen molar-refractivity contribution in [2.45, 2.75) is 38.9 Å². The van der Waals surface area contributed by atoms with Crippen molar-refractivity contribution >= 4 is 28.8 Å². The first-order chi connectivity index (χ1) is 13.5. The lowest BCUT2D eigenvalue weighted by Crippen LogP contribution is -2.43. The van der Waals surface area contributed by atoms with Crippen LogP contribution in [0.5, 0.6) is 0 Å². The molecule has 0 unspecified atom stereocenters. The molecule has 3 heterocycles. The molecule has 0 saturated carbocycles. The molecular formula is C22H26Cl2N4. The van der Waals surface area contributed by atoms with Crippen molar-refractivity contribution in [3.8, 4) is 0 Å². The Kier molecular flexibility index (Phi) is 5.93. The van der Waals surface area contributed by atoms with Crippen LogP contribution in [0.25, 0.3) is 5.65 Å². The van der Waals surface area contributed by atoms with Crippen LogP contribution in [-0.4, -0.2) is 45.4 Å². The first kappa shape index (κ1) is 19.7. The molecule has 0 N–H and O–H groups in total. The summed E-state index contributed by atoms with van der Waals surface area (Å²) in [6.45, 7) is 6.00. The number of piperidine rings is 1. The maximum absolute atomic E-state index is 6.49. The zero-order chi connectivity index (χ0) is 19.7. The van der Waals surface area contributed by atoms with Gasteiger partial charge in [-0.1, -0.05) is 41.4 Å². The summed E-state index contributed by atoms with van der Waals surface area (Å²) in [5.41, 5.74) is 4.37. The Balaban J connectivity index is 1.66. The molecule has 4 nitrogen and oxygen atoms in total. The van der Waals surface area contributed by atoms with Crippen LogP contribution in [-0.2, 0) is 13.1 Å². The molecule has 0 radical (unpaired) electrons. The number of likely N-dealkylation sites (tertiary alicyclic amines) is 1. The van der Waals surface area contributed by atoms with Gasteiger partial charge in [-0.3, -0.25) is 4.90 Å². The van der Waals surface area contributed by atoms with Gasteiger partial charge in [-0.15, -0.1) is 0 Å². The molecule has 4 rings (SSSR count). The number of benzene rings is 1. The van der Waals surface area contributed by atoms with Crippen LogP contribution in [0.3, 0.4) is 0 Å². The van der Waals surface area contributed by atoms with E-state index in [1.165, 1.54) is 11.3 Å². The van der Waals surface area contributed by atoms with Crippen molar-refractivity contribution in [1.29, 1.82) is 0 Å². The normalized spacial score (nSPS) is 16.3. The third kappa shape index (κ3) is 4.20. The Morgan fingerprint density at radius 2 is 1.82 bits per heavy atom. The van der Waals surface area contributed by atoms with Crippen molar-refractivity contribution in [3.05, 3.63) is 69.6 Å². The topological polar surface area (TPSA) is 23.8 Å². The number of aromatic nitrogens is 2. The monoisotopic (exact) mass is 416 g/mol.